The highest BCUT2D eigenvalue weighted by molar-refractivity contribution is 4.85. The van der Waals surface area contributed by atoms with E-state index in [0.717, 1.165) is 18.0 Å². The molecule has 0 radical (unpaired) electrons. The van der Waals surface area contributed by atoms with Gasteiger partial charge in [0, 0.05) is 18.6 Å². The predicted octanol–water partition coefficient (Wildman–Crippen LogP) is 1.86. The van der Waals surface area contributed by atoms with Gasteiger partial charge in [0.15, 0.2) is 0 Å². The van der Waals surface area contributed by atoms with Crippen LogP contribution in [0.4, 0.5) is 0 Å². The molecule has 1 aliphatic heterocycles. The van der Waals surface area contributed by atoms with Crippen LogP contribution >= 0.6 is 0 Å². The maximum Gasteiger partial charge on any atom is 0.0232 e. The fraction of sp³-hybridized carbons (Fsp3) is 1.00. The van der Waals surface area contributed by atoms with E-state index in [2.05, 4.69) is 24.2 Å². The maximum absolute atomic E-state index is 3.46. The summed E-state index contributed by atoms with van der Waals surface area (Å²) in [5.74, 6) is 0.950. The molecule has 1 saturated carbocycles. The van der Waals surface area contributed by atoms with Gasteiger partial charge < -0.3 is 5.32 Å². The van der Waals surface area contributed by atoms with Gasteiger partial charge in [-0.3, -0.25) is 4.90 Å². The number of nitrogens with zero attached hydrogens (tertiary/aromatic N) is 1. The minimum atomic E-state index is 0.810. The van der Waals surface area contributed by atoms with Crippen molar-refractivity contribution in [3.8, 4) is 0 Å². The second-order valence-corrected chi connectivity index (χ2v) is 5.24. The van der Waals surface area contributed by atoms with Crippen LogP contribution in [0.5, 0.6) is 0 Å². The van der Waals surface area contributed by atoms with E-state index in [9.17, 15) is 0 Å². The van der Waals surface area contributed by atoms with Gasteiger partial charge in [0.1, 0.15) is 0 Å². The minimum Gasteiger partial charge on any atom is -0.315 e. The molecule has 1 N–H and O–H groups in total. The largest absolute Gasteiger partial charge is 0.315 e. The van der Waals surface area contributed by atoms with Gasteiger partial charge in [-0.2, -0.15) is 0 Å². The fourth-order valence-corrected chi connectivity index (χ4v) is 3.06. The second kappa shape index (κ2) is 4.63. The van der Waals surface area contributed by atoms with E-state index in [1.54, 1.807) is 0 Å². The molecular formula is C12H24N2. The van der Waals surface area contributed by atoms with Crippen LogP contribution in [-0.2, 0) is 0 Å². The lowest BCUT2D eigenvalue weighted by atomic mass is 9.86. The van der Waals surface area contributed by atoms with Crippen LogP contribution in [0.2, 0.25) is 0 Å². The summed E-state index contributed by atoms with van der Waals surface area (Å²) in [6, 6.07) is 1.67. The first-order valence-electron chi connectivity index (χ1n) is 6.20. The average Bonchev–Trinajstić information content (AvgIpc) is 2.69. The molecule has 1 aliphatic carbocycles. The highest BCUT2D eigenvalue weighted by Crippen LogP contribution is 2.28. The van der Waals surface area contributed by atoms with Crippen molar-refractivity contribution in [2.45, 2.75) is 51.1 Å². The van der Waals surface area contributed by atoms with Gasteiger partial charge in [0.05, 0.1) is 0 Å². The van der Waals surface area contributed by atoms with Gasteiger partial charge in [-0.25, -0.2) is 0 Å². The van der Waals surface area contributed by atoms with Crippen LogP contribution in [0.1, 0.15) is 39.0 Å². The van der Waals surface area contributed by atoms with Gasteiger partial charge in [-0.15, -0.1) is 0 Å². The molecule has 82 valence electrons. The molecule has 1 saturated heterocycles. The Balaban J connectivity index is 1.86. The van der Waals surface area contributed by atoms with E-state index < -0.39 is 0 Å². The highest BCUT2D eigenvalue weighted by Gasteiger charge is 2.28. The number of hydrogen-bond donors (Lipinski definition) is 1. The summed E-state index contributed by atoms with van der Waals surface area (Å²) in [5.41, 5.74) is 0. The molecule has 0 aromatic carbocycles. The molecule has 0 amide bonds. The van der Waals surface area contributed by atoms with Gasteiger partial charge in [-0.1, -0.05) is 19.8 Å². The first-order valence-corrected chi connectivity index (χ1v) is 6.20. The quantitative estimate of drug-likeness (QED) is 0.725. The summed E-state index contributed by atoms with van der Waals surface area (Å²) in [4.78, 5) is 2.65. The Bertz CT molecular complexity index is 175. The smallest absolute Gasteiger partial charge is 0.0232 e. The average molecular weight is 196 g/mol. The third-order valence-corrected chi connectivity index (χ3v) is 4.09. The molecule has 2 fully saturated rings. The summed E-state index contributed by atoms with van der Waals surface area (Å²) in [7, 11) is 2.33. The molecule has 0 aromatic rings. The topological polar surface area (TPSA) is 15.3 Å². The van der Waals surface area contributed by atoms with Gasteiger partial charge in [0.2, 0.25) is 0 Å². The Morgan fingerprint density at radius 3 is 2.64 bits per heavy atom. The van der Waals surface area contributed by atoms with Crippen LogP contribution in [0.25, 0.3) is 0 Å². The Morgan fingerprint density at radius 1 is 1.14 bits per heavy atom. The van der Waals surface area contributed by atoms with Crippen molar-refractivity contribution in [1.29, 1.82) is 0 Å². The van der Waals surface area contributed by atoms with E-state index in [4.69, 9.17) is 0 Å². The Labute approximate surface area is 88.1 Å². The molecule has 2 rings (SSSR count). The monoisotopic (exact) mass is 196 g/mol. The zero-order valence-electron chi connectivity index (χ0n) is 9.63. The fourth-order valence-electron chi connectivity index (χ4n) is 3.06. The molecule has 1 heterocycles. The third kappa shape index (κ3) is 2.29. The van der Waals surface area contributed by atoms with Crippen LogP contribution in [0.3, 0.4) is 0 Å². The molecule has 2 aliphatic rings. The lowest BCUT2D eigenvalue weighted by Gasteiger charge is -2.37. The molecular weight excluding hydrogens is 172 g/mol. The summed E-state index contributed by atoms with van der Waals surface area (Å²) < 4.78 is 0. The number of rotatable bonds is 2. The lowest BCUT2D eigenvalue weighted by Crippen LogP contribution is -2.43. The summed E-state index contributed by atoms with van der Waals surface area (Å²) >= 11 is 0. The first-order chi connectivity index (χ1) is 6.77. The molecule has 14 heavy (non-hydrogen) atoms. The van der Waals surface area contributed by atoms with Crippen LogP contribution in [0.15, 0.2) is 0 Å². The number of nitrogens with one attached hydrogen (secondary N) is 1. The van der Waals surface area contributed by atoms with E-state index >= 15 is 0 Å². The van der Waals surface area contributed by atoms with E-state index in [1.165, 1.54) is 45.2 Å². The molecule has 0 aromatic heterocycles. The van der Waals surface area contributed by atoms with Crippen LogP contribution in [0, 0.1) is 5.92 Å². The van der Waals surface area contributed by atoms with Crippen LogP contribution in [-0.4, -0.2) is 37.1 Å². The van der Waals surface area contributed by atoms with Crippen molar-refractivity contribution in [3.05, 3.63) is 0 Å². The maximum atomic E-state index is 3.46. The molecule has 3 unspecified atom stereocenters. The standard InChI is InChI=1S/C12H24N2/c1-10-4-3-5-11(8-10)14(2)12-6-7-13-9-12/h10-13H,3-9H2,1-2H3. The van der Waals surface area contributed by atoms with Crippen molar-refractivity contribution in [2.24, 2.45) is 5.92 Å². The van der Waals surface area contributed by atoms with Crippen LogP contribution < -0.4 is 5.32 Å². The Morgan fingerprint density at radius 2 is 2.00 bits per heavy atom. The number of likely N-dealkylation sites (N-methyl/N-ethyl adjacent to an activating group) is 1. The lowest BCUT2D eigenvalue weighted by molar-refractivity contribution is 0.126. The van der Waals surface area contributed by atoms with E-state index in [-0.39, 0.29) is 0 Å². The van der Waals surface area contributed by atoms with Crippen molar-refractivity contribution < 1.29 is 0 Å². The van der Waals surface area contributed by atoms with Crippen molar-refractivity contribution in [1.82, 2.24) is 10.2 Å². The van der Waals surface area contributed by atoms with E-state index in [1.807, 2.05) is 0 Å². The molecule has 3 atom stereocenters. The van der Waals surface area contributed by atoms with Gasteiger partial charge in [0.25, 0.3) is 0 Å². The van der Waals surface area contributed by atoms with E-state index in [0.29, 0.717) is 0 Å². The van der Waals surface area contributed by atoms with Crippen molar-refractivity contribution >= 4 is 0 Å². The zero-order chi connectivity index (χ0) is 9.97. The second-order valence-electron chi connectivity index (χ2n) is 5.24. The third-order valence-electron chi connectivity index (χ3n) is 4.09. The zero-order valence-corrected chi connectivity index (χ0v) is 9.63. The van der Waals surface area contributed by atoms with Crippen molar-refractivity contribution in [2.75, 3.05) is 20.1 Å². The Kier molecular flexibility index (Phi) is 3.45. The highest BCUT2D eigenvalue weighted by atomic mass is 15.2. The van der Waals surface area contributed by atoms with Gasteiger partial charge in [-0.05, 0) is 38.8 Å². The molecule has 0 bridgehead atoms. The van der Waals surface area contributed by atoms with Crippen molar-refractivity contribution in [3.63, 3.8) is 0 Å². The summed E-state index contributed by atoms with van der Waals surface area (Å²) in [5, 5.41) is 3.46. The Hall–Kier alpha value is -0.0800. The van der Waals surface area contributed by atoms with Gasteiger partial charge >= 0.3 is 0 Å². The molecule has 0 spiro atoms. The predicted molar refractivity (Wildman–Crippen MR) is 60.5 cm³/mol. The SMILES string of the molecule is CC1CCCC(N(C)C2CCNC2)C1. The molecule has 2 nitrogen and oxygen atoms in total. The molecule has 2 heteroatoms. The minimum absolute atomic E-state index is 0.810. The first kappa shape index (κ1) is 10.4. The normalized spacial score (nSPS) is 39.2. The summed E-state index contributed by atoms with van der Waals surface area (Å²) in [6.07, 6.45) is 7.09. The number of hydrogen-bond acceptors (Lipinski definition) is 2. The summed E-state index contributed by atoms with van der Waals surface area (Å²) in [6.45, 7) is 4.84.